The molecule has 0 saturated heterocycles. The first-order valence-electron chi connectivity index (χ1n) is 13.3. The Kier molecular flexibility index (Phi) is 8.91. The Morgan fingerprint density at radius 3 is 2.65 bits per heavy atom. The summed E-state index contributed by atoms with van der Waals surface area (Å²) in [5.41, 5.74) is 5.15. The zero-order valence-electron chi connectivity index (χ0n) is 22.8. The number of hydrogen-bond acceptors (Lipinski definition) is 6. The van der Waals surface area contributed by atoms with Crippen LogP contribution in [0.15, 0.2) is 93.7 Å². The summed E-state index contributed by atoms with van der Waals surface area (Å²) < 4.78 is 8.88. The lowest BCUT2D eigenvalue weighted by Gasteiger charge is -2.28. The summed E-state index contributed by atoms with van der Waals surface area (Å²) in [5.74, 6) is 2.14. The average molecular weight is 619 g/mol. The first kappa shape index (κ1) is 28.0. The number of thioether (sulfide) groups is 1. The lowest BCUT2D eigenvalue weighted by Crippen LogP contribution is -2.31. The number of hydrogen-bond donors (Lipinski definition) is 2. The van der Waals surface area contributed by atoms with E-state index in [1.165, 1.54) is 0 Å². The normalized spacial score (nSPS) is 14.4. The lowest BCUT2D eigenvalue weighted by atomic mass is 9.95. The quantitative estimate of drug-likeness (QED) is 0.140. The van der Waals surface area contributed by atoms with E-state index in [1.807, 2.05) is 91.3 Å². The molecule has 206 valence electrons. The molecule has 1 aromatic heterocycles. The summed E-state index contributed by atoms with van der Waals surface area (Å²) in [6.07, 6.45) is 2.20. The SMILES string of the molecule is CCCCSc1nc2n(n1)C(c1ccc(OCc3cccc(Br)c3)cc1)C(C(=O)Nc1cccc(C)c1)=C(C)N2. The Bertz CT molecular complexity index is 1530. The molecule has 0 spiro atoms. The second kappa shape index (κ2) is 12.7. The number of nitrogens with one attached hydrogen (secondary N) is 2. The van der Waals surface area contributed by atoms with Crippen molar-refractivity contribution in [1.29, 1.82) is 0 Å². The van der Waals surface area contributed by atoms with Crippen LogP contribution >= 0.6 is 27.7 Å². The minimum absolute atomic E-state index is 0.183. The second-order valence-electron chi connectivity index (χ2n) is 9.74. The molecule has 1 aliphatic rings. The van der Waals surface area contributed by atoms with Gasteiger partial charge in [0, 0.05) is 21.6 Å². The number of ether oxygens (including phenoxy) is 1. The highest BCUT2D eigenvalue weighted by Gasteiger charge is 2.34. The summed E-state index contributed by atoms with van der Waals surface area (Å²) in [6, 6.07) is 23.3. The van der Waals surface area contributed by atoms with Crippen LogP contribution in [0.4, 0.5) is 11.6 Å². The third-order valence-corrected chi connectivity index (χ3v) is 7.99. The van der Waals surface area contributed by atoms with E-state index < -0.39 is 6.04 Å². The summed E-state index contributed by atoms with van der Waals surface area (Å²) in [6.45, 7) is 6.55. The van der Waals surface area contributed by atoms with Crippen molar-refractivity contribution in [2.24, 2.45) is 0 Å². The molecule has 40 heavy (non-hydrogen) atoms. The van der Waals surface area contributed by atoms with E-state index in [4.69, 9.17) is 14.8 Å². The molecule has 9 heteroatoms. The summed E-state index contributed by atoms with van der Waals surface area (Å²) in [4.78, 5) is 18.5. The number of unbranched alkanes of at least 4 members (excludes halogenated alkanes) is 1. The van der Waals surface area contributed by atoms with Crippen LogP contribution in [0, 0.1) is 6.92 Å². The Morgan fingerprint density at radius 2 is 1.90 bits per heavy atom. The molecule has 0 aliphatic carbocycles. The molecule has 0 radical (unpaired) electrons. The summed E-state index contributed by atoms with van der Waals surface area (Å²) in [7, 11) is 0. The number of carbonyl (C=O) groups is 1. The van der Waals surface area contributed by atoms with Crippen LogP contribution in [-0.4, -0.2) is 26.4 Å². The van der Waals surface area contributed by atoms with Crippen LogP contribution in [0.3, 0.4) is 0 Å². The fourth-order valence-electron chi connectivity index (χ4n) is 4.56. The highest BCUT2D eigenvalue weighted by Crippen LogP contribution is 2.37. The van der Waals surface area contributed by atoms with Crippen LogP contribution in [-0.2, 0) is 11.4 Å². The highest BCUT2D eigenvalue weighted by molar-refractivity contribution is 9.10. The zero-order chi connectivity index (χ0) is 28.1. The highest BCUT2D eigenvalue weighted by atomic mass is 79.9. The van der Waals surface area contributed by atoms with E-state index in [1.54, 1.807) is 11.8 Å². The number of rotatable bonds is 10. The minimum atomic E-state index is -0.451. The second-order valence-corrected chi connectivity index (χ2v) is 11.7. The van der Waals surface area contributed by atoms with Gasteiger partial charge in [-0.1, -0.05) is 77.4 Å². The largest absolute Gasteiger partial charge is 0.489 e. The van der Waals surface area contributed by atoms with Crippen molar-refractivity contribution in [2.75, 3.05) is 16.4 Å². The molecule has 2 heterocycles. The van der Waals surface area contributed by atoms with E-state index in [2.05, 4.69) is 33.5 Å². The van der Waals surface area contributed by atoms with Crippen LogP contribution in [0.1, 0.15) is 49.4 Å². The molecule has 4 aromatic rings. The maximum absolute atomic E-state index is 13.8. The number of nitrogens with zero attached hydrogens (tertiary/aromatic N) is 3. The number of allylic oxidation sites excluding steroid dienone is 1. The smallest absolute Gasteiger partial charge is 0.255 e. The molecule has 5 rings (SSSR count). The van der Waals surface area contributed by atoms with Gasteiger partial charge in [0.2, 0.25) is 11.1 Å². The molecular weight excluding hydrogens is 586 g/mol. The maximum atomic E-state index is 13.8. The van der Waals surface area contributed by atoms with Gasteiger partial charge >= 0.3 is 0 Å². The Balaban J connectivity index is 1.44. The van der Waals surface area contributed by atoms with Gasteiger partial charge < -0.3 is 15.4 Å². The van der Waals surface area contributed by atoms with Gasteiger partial charge in [0.1, 0.15) is 18.4 Å². The molecular formula is C31H32BrN5O2S. The molecule has 2 N–H and O–H groups in total. The number of fused-ring (bicyclic) bond motifs is 1. The summed E-state index contributed by atoms with van der Waals surface area (Å²) >= 11 is 5.14. The molecule has 0 bridgehead atoms. The van der Waals surface area contributed by atoms with Crippen molar-refractivity contribution in [3.05, 3.63) is 105 Å². The molecule has 1 atom stereocenters. The summed E-state index contributed by atoms with van der Waals surface area (Å²) in [5, 5.41) is 11.9. The van der Waals surface area contributed by atoms with Gasteiger partial charge in [0.25, 0.3) is 5.91 Å². The Hall–Kier alpha value is -3.56. The predicted octanol–water partition coefficient (Wildman–Crippen LogP) is 7.75. The van der Waals surface area contributed by atoms with Gasteiger partial charge in [0.05, 0.1) is 5.57 Å². The van der Waals surface area contributed by atoms with Gasteiger partial charge in [-0.25, -0.2) is 4.68 Å². The van der Waals surface area contributed by atoms with E-state index in [0.29, 0.717) is 23.3 Å². The van der Waals surface area contributed by atoms with Gasteiger partial charge in [-0.15, -0.1) is 5.10 Å². The number of carbonyl (C=O) groups excluding carboxylic acids is 1. The maximum Gasteiger partial charge on any atom is 0.255 e. The van der Waals surface area contributed by atoms with Crippen LogP contribution in [0.2, 0.25) is 0 Å². The van der Waals surface area contributed by atoms with Gasteiger partial charge in [-0.2, -0.15) is 4.98 Å². The number of anilines is 2. The van der Waals surface area contributed by atoms with Crippen molar-refractivity contribution in [3.8, 4) is 5.75 Å². The third kappa shape index (κ3) is 6.59. The average Bonchev–Trinajstić information content (AvgIpc) is 3.34. The van der Waals surface area contributed by atoms with Gasteiger partial charge in [-0.05, 0) is 73.4 Å². The zero-order valence-corrected chi connectivity index (χ0v) is 25.2. The van der Waals surface area contributed by atoms with Crippen molar-refractivity contribution in [3.63, 3.8) is 0 Å². The van der Waals surface area contributed by atoms with Crippen LogP contribution in [0.5, 0.6) is 5.75 Å². The minimum Gasteiger partial charge on any atom is -0.489 e. The Labute approximate surface area is 247 Å². The number of benzene rings is 3. The van der Waals surface area contributed by atoms with Gasteiger partial charge in [0.15, 0.2) is 0 Å². The van der Waals surface area contributed by atoms with E-state index in [9.17, 15) is 4.79 Å². The number of aromatic nitrogens is 3. The van der Waals surface area contributed by atoms with Crippen molar-refractivity contribution >= 4 is 45.2 Å². The van der Waals surface area contributed by atoms with Crippen LogP contribution < -0.4 is 15.4 Å². The monoisotopic (exact) mass is 617 g/mol. The third-order valence-electron chi connectivity index (χ3n) is 6.57. The van der Waals surface area contributed by atoms with Crippen molar-refractivity contribution in [2.45, 2.75) is 51.4 Å². The molecule has 1 unspecified atom stereocenters. The van der Waals surface area contributed by atoms with Crippen molar-refractivity contribution < 1.29 is 9.53 Å². The molecule has 1 amide bonds. The van der Waals surface area contributed by atoms with E-state index >= 15 is 0 Å². The van der Waals surface area contributed by atoms with Gasteiger partial charge in [-0.3, -0.25) is 4.79 Å². The number of halogens is 1. The van der Waals surface area contributed by atoms with Crippen LogP contribution in [0.25, 0.3) is 0 Å². The topological polar surface area (TPSA) is 81.1 Å². The number of amides is 1. The first-order chi connectivity index (χ1) is 19.4. The fraction of sp³-hybridized carbons (Fsp3) is 0.258. The molecule has 1 aliphatic heterocycles. The molecule has 7 nitrogen and oxygen atoms in total. The predicted molar refractivity (Wildman–Crippen MR) is 165 cm³/mol. The Morgan fingerprint density at radius 1 is 1.10 bits per heavy atom. The van der Waals surface area contributed by atoms with Crippen molar-refractivity contribution in [1.82, 2.24) is 14.8 Å². The number of aryl methyl sites for hydroxylation is 1. The first-order valence-corrected chi connectivity index (χ1v) is 15.1. The standard InChI is InChI=1S/C31H32BrN5O2S/c1-4-5-16-40-31-35-30-33-21(3)27(29(38)34-25-11-6-8-20(2)17-25)28(37(30)36-31)23-12-14-26(15-13-23)39-19-22-9-7-10-24(32)18-22/h6-15,17-18,28H,4-5,16,19H2,1-3H3,(H,34,38)(H,33,35,36). The molecule has 3 aromatic carbocycles. The van der Waals surface area contributed by atoms with E-state index in [-0.39, 0.29) is 5.91 Å². The fourth-order valence-corrected chi connectivity index (χ4v) is 5.92. The molecule has 0 fully saturated rings. The molecule has 0 saturated carbocycles. The lowest BCUT2D eigenvalue weighted by molar-refractivity contribution is -0.113. The van der Waals surface area contributed by atoms with E-state index in [0.717, 1.165) is 56.9 Å².